The van der Waals surface area contributed by atoms with Crippen LogP contribution in [0.5, 0.6) is 23.0 Å². The number of rotatable bonds is 6. The number of methoxy groups -OCH3 is 2. The summed E-state index contributed by atoms with van der Waals surface area (Å²) in [4.78, 5) is 0. The van der Waals surface area contributed by atoms with E-state index in [0.717, 1.165) is 5.56 Å². The average molecular weight is 432 g/mol. The van der Waals surface area contributed by atoms with Gasteiger partial charge in [-0.2, -0.15) is 4.68 Å². The van der Waals surface area contributed by atoms with Crippen LogP contribution in [0, 0.1) is 0 Å². The van der Waals surface area contributed by atoms with Crippen LogP contribution in [0.1, 0.15) is 25.3 Å². The Morgan fingerprint density at radius 2 is 1.62 bits per heavy atom. The lowest BCUT2D eigenvalue weighted by molar-refractivity contribution is 0.414. The summed E-state index contributed by atoms with van der Waals surface area (Å²) in [5.74, 6) is 1.63. The second kappa shape index (κ2) is 8.58. The SMILES string of the molecule is COc1cccc(-n2nnnc2-c2cc(-c3cc(C(C)C)ccc3OC)c(O)cc2O)c1. The van der Waals surface area contributed by atoms with Crippen LogP contribution in [0.15, 0.2) is 54.6 Å². The zero-order valence-electron chi connectivity index (χ0n) is 18.3. The first-order valence-corrected chi connectivity index (χ1v) is 10.1. The van der Waals surface area contributed by atoms with E-state index in [-0.39, 0.29) is 11.5 Å². The van der Waals surface area contributed by atoms with Gasteiger partial charge in [0.15, 0.2) is 5.82 Å². The smallest absolute Gasteiger partial charge is 0.190 e. The zero-order valence-corrected chi connectivity index (χ0v) is 18.3. The van der Waals surface area contributed by atoms with Crippen molar-refractivity contribution >= 4 is 0 Å². The molecular formula is C24H24N4O4. The van der Waals surface area contributed by atoms with Crippen molar-refractivity contribution in [2.45, 2.75) is 19.8 Å². The highest BCUT2D eigenvalue weighted by Gasteiger charge is 2.20. The molecule has 8 heteroatoms. The number of tetrazole rings is 1. The van der Waals surface area contributed by atoms with E-state index in [2.05, 4.69) is 29.4 Å². The highest BCUT2D eigenvalue weighted by Crippen LogP contribution is 2.43. The zero-order chi connectivity index (χ0) is 22.8. The lowest BCUT2D eigenvalue weighted by Crippen LogP contribution is -2.01. The van der Waals surface area contributed by atoms with Crippen LogP contribution < -0.4 is 9.47 Å². The monoisotopic (exact) mass is 432 g/mol. The lowest BCUT2D eigenvalue weighted by atomic mass is 9.94. The molecular weight excluding hydrogens is 408 g/mol. The Labute approximate surface area is 185 Å². The Bertz CT molecular complexity index is 1270. The number of phenolic OH excluding ortho intramolecular Hbond substituents is 2. The highest BCUT2D eigenvalue weighted by molar-refractivity contribution is 5.82. The van der Waals surface area contributed by atoms with Crippen LogP contribution in [0.3, 0.4) is 0 Å². The molecule has 4 aromatic rings. The Kier molecular flexibility index (Phi) is 5.68. The van der Waals surface area contributed by atoms with Gasteiger partial charge in [0.25, 0.3) is 0 Å². The van der Waals surface area contributed by atoms with Crippen LogP contribution in [-0.2, 0) is 0 Å². The Morgan fingerprint density at radius 1 is 0.844 bits per heavy atom. The van der Waals surface area contributed by atoms with E-state index in [4.69, 9.17) is 9.47 Å². The van der Waals surface area contributed by atoms with Gasteiger partial charge in [-0.05, 0) is 52.2 Å². The van der Waals surface area contributed by atoms with Crippen molar-refractivity contribution in [2.24, 2.45) is 0 Å². The van der Waals surface area contributed by atoms with Crippen LogP contribution in [0.25, 0.3) is 28.2 Å². The van der Waals surface area contributed by atoms with Crippen LogP contribution in [-0.4, -0.2) is 44.6 Å². The van der Waals surface area contributed by atoms with Gasteiger partial charge in [0.05, 0.1) is 25.5 Å². The van der Waals surface area contributed by atoms with Crippen molar-refractivity contribution in [3.8, 4) is 51.2 Å². The number of aromatic nitrogens is 4. The van der Waals surface area contributed by atoms with Gasteiger partial charge >= 0.3 is 0 Å². The normalized spacial score (nSPS) is 11.0. The van der Waals surface area contributed by atoms with E-state index < -0.39 is 0 Å². The van der Waals surface area contributed by atoms with Gasteiger partial charge in [-0.15, -0.1) is 5.10 Å². The number of hydrogen-bond acceptors (Lipinski definition) is 7. The summed E-state index contributed by atoms with van der Waals surface area (Å²) >= 11 is 0. The Balaban J connectivity index is 1.90. The maximum Gasteiger partial charge on any atom is 0.190 e. The van der Waals surface area contributed by atoms with Crippen LogP contribution in [0.2, 0.25) is 0 Å². The molecule has 0 radical (unpaired) electrons. The van der Waals surface area contributed by atoms with Gasteiger partial charge in [0.2, 0.25) is 0 Å². The van der Waals surface area contributed by atoms with Crippen LogP contribution >= 0.6 is 0 Å². The molecule has 0 saturated carbocycles. The summed E-state index contributed by atoms with van der Waals surface area (Å²) in [6, 6.07) is 16.0. The molecule has 0 spiro atoms. The van der Waals surface area contributed by atoms with Gasteiger partial charge in [0.1, 0.15) is 23.0 Å². The van der Waals surface area contributed by atoms with Crippen molar-refractivity contribution in [3.05, 3.63) is 60.2 Å². The number of aromatic hydroxyl groups is 2. The molecule has 4 rings (SSSR count). The van der Waals surface area contributed by atoms with E-state index in [1.807, 2.05) is 36.4 Å². The minimum Gasteiger partial charge on any atom is -0.507 e. The first-order valence-electron chi connectivity index (χ1n) is 10.1. The van der Waals surface area contributed by atoms with E-state index in [0.29, 0.717) is 45.6 Å². The first-order chi connectivity index (χ1) is 15.4. The predicted octanol–water partition coefficient (Wildman–Crippen LogP) is 4.55. The van der Waals surface area contributed by atoms with E-state index in [1.54, 1.807) is 26.4 Å². The molecule has 32 heavy (non-hydrogen) atoms. The molecule has 3 aromatic carbocycles. The second-order valence-electron chi connectivity index (χ2n) is 7.62. The quantitative estimate of drug-likeness (QED) is 0.461. The molecule has 0 atom stereocenters. The number of ether oxygens (including phenoxy) is 2. The third-order valence-electron chi connectivity index (χ3n) is 5.30. The third kappa shape index (κ3) is 3.82. The molecule has 0 fully saturated rings. The second-order valence-corrected chi connectivity index (χ2v) is 7.62. The largest absolute Gasteiger partial charge is 0.507 e. The molecule has 0 aliphatic carbocycles. The fourth-order valence-electron chi connectivity index (χ4n) is 3.54. The molecule has 1 heterocycles. The molecule has 0 unspecified atom stereocenters. The van der Waals surface area contributed by atoms with E-state index >= 15 is 0 Å². The van der Waals surface area contributed by atoms with Crippen molar-refractivity contribution in [2.75, 3.05) is 14.2 Å². The van der Waals surface area contributed by atoms with Crippen molar-refractivity contribution in [1.29, 1.82) is 0 Å². The molecule has 1 aromatic heterocycles. The molecule has 2 N–H and O–H groups in total. The summed E-state index contributed by atoms with van der Waals surface area (Å²) in [7, 11) is 3.16. The van der Waals surface area contributed by atoms with E-state index in [1.165, 1.54) is 10.7 Å². The van der Waals surface area contributed by atoms with Gasteiger partial charge in [-0.1, -0.05) is 26.0 Å². The first kappa shape index (κ1) is 21.2. The summed E-state index contributed by atoms with van der Waals surface area (Å²) in [5.41, 5.74) is 3.33. The summed E-state index contributed by atoms with van der Waals surface area (Å²) in [5, 5.41) is 33.3. The topological polar surface area (TPSA) is 103 Å². The molecule has 0 saturated heterocycles. The molecule has 0 bridgehead atoms. The minimum absolute atomic E-state index is 0.0779. The molecule has 164 valence electrons. The molecule has 0 aliphatic rings. The van der Waals surface area contributed by atoms with Crippen molar-refractivity contribution in [3.63, 3.8) is 0 Å². The summed E-state index contributed by atoms with van der Waals surface area (Å²) < 4.78 is 12.3. The van der Waals surface area contributed by atoms with Gasteiger partial charge < -0.3 is 19.7 Å². The minimum atomic E-state index is -0.149. The number of hydrogen-bond donors (Lipinski definition) is 2. The van der Waals surface area contributed by atoms with Gasteiger partial charge in [-0.3, -0.25) is 0 Å². The Hall–Kier alpha value is -4.07. The molecule has 0 amide bonds. The highest BCUT2D eigenvalue weighted by atomic mass is 16.5. The number of nitrogens with zero attached hydrogens (tertiary/aromatic N) is 4. The van der Waals surface area contributed by atoms with Gasteiger partial charge in [-0.25, -0.2) is 0 Å². The standard InChI is InChI=1S/C24H24N4O4/c1-14(2)15-8-9-23(32-4)19(10-15)18-12-20(22(30)13-21(18)29)24-25-26-27-28(24)16-6-5-7-17(11-16)31-3/h5-14,29-30H,1-4H3. The fourth-order valence-corrected chi connectivity index (χ4v) is 3.54. The third-order valence-corrected chi connectivity index (χ3v) is 5.30. The fraction of sp³-hybridized carbons (Fsp3) is 0.208. The maximum absolute atomic E-state index is 10.7. The molecule has 0 aliphatic heterocycles. The van der Waals surface area contributed by atoms with Crippen molar-refractivity contribution < 1.29 is 19.7 Å². The van der Waals surface area contributed by atoms with Gasteiger partial charge in [0, 0.05) is 23.3 Å². The van der Waals surface area contributed by atoms with E-state index in [9.17, 15) is 10.2 Å². The maximum atomic E-state index is 10.7. The number of phenols is 2. The average Bonchev–Trinajstić information content (AvgIpc) is 3.28. The van der Waals surface area contributed by atoms with Crippen LogP contribution in [0.4, 0.5) is 0 Å². The summed E-state index contributed by atoms with van der Waals surface area (Å²) in [6.45, 7) is 4.19. The lowest BCUT2D eigenvalue weighted by Gasteiger charge is -2.16. The number of benzene rings is 3. The van der Waals surface area contributed by atoms with Crippen molar-refractivity contribution in [1.82, 2.24) is 20.2 Å². The summed E-state index contributed by atoms with van der Waals surface area (Å²) in [6.07, 6.45) is 0. The molecule has 8 nitrogen and oxygen atoms in total. The Morgan fingerprint density at radius 3 is 2.34 bits per heavy atom. The predicted molar refractivity (Wildman–Crippen MR) is 121 cm³/mol.